The van der Waals surface area contributed by atoms with E-state index < -0.39 is 24.1 Å². The molecule has 1 atom stereocenters. The number of aliphatic hydroxyl groups is 1. The Morgan fingerprint density at radius 2 is 1.68 bits per heavy atom. The van der Waals surface area contributed by atoms with Gasteiger partial charge in [0.15, 0.2) is 5.60 Å². The fraction of sp³-hybridized carbons (Fsp3) is 0.278. The average molecular weight is 353 g/mol. The van der Waals surface area contributed by atoms with E-state index in [-0.39, 0.29) is 0 Å². The Morgan fingerprint density at radius 1 is 1.08 bits per heavy atom. The van der Waals surface area contributed by atoms with E-state index in [1.807, 2.05) is 30.3 Å². The Kier molecular flexibility index (Phi) is 5.69. The van der Waals surface area contributed by atoms with Gasteiger partial charge in [0.25, 0.3) is 0 Å². The number of halogens is 3. The number of rotatable bonds is 6. The fourth-order valence-electron chi connectivity index (χ4n) is 1.99. The number of carbonyl (C=O) groups is 1. The lowest BCUT2D eigenvalue weighted by atomic mass is 10.0. The molecule has 0 saturated carbocycles. The molecule has 1 amide bonds. The van der Waals surface area contributed by atoms with Crippen LogP contribution in [0.3, 0.4) is 0 Å². The van der Waals surface area contributed by atoms with Crippen LogP contribution in [0.1, 0.15) is 18.9 Å². The molecule has 2 rings (SSSR count). The van der Waals surface area contributed by atoms with Crippen molar-refractivity contribution in [3.05, 3.63) is 60.2 Å². The van der Waals surface area contributed by atoms with Crippen molar-refractivity contribution in [3.8, 4) is 5.75 Å². The maximum absolute atomic E-state index is 12.6. The van der Waals surface area contributed by atoms with Crippen LogP contribution < -0.4 is 10.1 Å². The molecule has 0 aliphatic rings. The molecule has 0 radical (unpaired) electrons. The minimum atomic E-state index is -4.88. The number of amides is 1. The monoisotopic (exact) mass is 353 g/mol. The second kappa shape index (κ2) is 7.57. The summed E-state index contributed by atoms with van der Waals surface area (Å²) < 4.78 is 43.3. The highest BCUT2D eigenvalue weighted by Gasteiger charge is 2.50. The van der Waals surface area contributed by atoms with Gasteiger partial charge in [0.1, 0.15) is 12.4 Å². The van der Waals surface area contributed by atoms with E-state index in [1.165, 1.54) is 12.1 Å². The van der Waals surface area contributed by atoms with Crippen molar-refractivity contribution in [2.24, 2.45) is 0 Å². The van der Waals surface area contributed by atoms with E-state index in [0.717, 1.165) is 5.56 Å². The van der Waals surface area contributed by atoms with Gasteiger partial charge in [-0.2, -0.15) is 13.2 Å². The molecule has 7 heteroatoms. The predicted molar refractivity (Wildman–Crippen MR) is 87.1 cm³/mol. The maximum atomic E-state index is 12.6. The van der Waals surface area contributed by atoms with Crippen molar-refractivity contribution in [1.29, 1.82) is 0 Å². The van der Waals surface area contributed by atoms with Gasteiger partial charge in [-0.05, 0) is 36.8 Å². The summed E-state index contributed by atoms with van der Waals surface area (Å²) in [5.41, 5.74) is -1.76. The molecule has 0 spiro atoms. The van der Waals surface area contributed by atoms with Gasteiger partial charge in [0.2, 0.25) is 5.91 Å². The first-order valence-corrected chi connectivity index (χ1v) is 7.53. The molecule has 0 aliphatic heterocycles. The molecule has 2 aromatic carbocycles. The Labute approximate surface area is 143 Å². The van der Waals surface area contributed by atoms with Gasteiger partial charge in [-0.1, -0.05) is 30.3 Å². The van der Waals surface area contributed by atoms with E-state index in [4.69, 9.17) is 4.74 Å². The molecule has 2 aromatic rings. The van der Waals surface area contributed by atoms with Crippen molar-refractivity contribution in [2.75, 3.05) is 5.32 Å². The summed E-state index contributed by atoms with van der Waals surface area (Å²) in [6.07, 6.45) is -5.96. The summed E-state index contributed by atoms with van der Waals surface area (Å²) >= 11 is 0. The van der Waals surface area contributed by atoms with Crippen LogP contribution in [0, 0.1) is 0 Å². The Morgan fingerprint density at radius 3 is 2.24 bits per heavy atom. The Hall–Kier alpha value is -2.54. The van der Waals surface area contributed by atoms with Gasteiger partial charge in [0.05, 0.1) is 6.42 Å². The molecule has 0 unspecified atom stereocenters. The van der Waals surface area contributed by atoms with Crippen LogP contribution >= 0.6 is 0 Å². The predicted octanol–water partition coefficient (Wildman–Crippen LogP) is 3.91. The third-order valence-corrected chi connectivity index (χ3v) is 3.50. The highest BCUT2D eigenvalue weighted by molar-refractivity contribution is 5.91. The van der Waals surface area contributed by atoms with Crippen LogP contribution in [0.4, 0.5) is 18.9 Å². The largest absolute Gasteiger partial charge is 0.489 e. The number of nitrogens with one attached hydrogen (secondary N) is 1. The molecule has 0 saturated heterocycles. The van der Waals surface area contributed by atoms with Crippen molar-refractivity contribution in [1.82, 2.24) is 0 Å². The molecule has 0 heterocycles. The third kappa shape index (κ3) is 5.49. The Bertz CT molecular complexity index is 698. The normalized spacial score (nSPS) is 13.8. The molecule has 2 N–H and O–H groups in total. The zero-order valence-corrected chi connectivity index (χ0v) is 13.5. The molecule has 0 bridgehead atoms. The second-order valence-corrected chi connectivity index (χ2v) is 5.80. The topological polar surface area (TPSA) is 58.6 Å². The number of hydrogen-bond acceptors (Lipinski definition) is 3. The van der Waals surface area contributed by atoms with Crippen LogP contribution in [-0.2, 0) is 11.4 Å². The minimum Gasteiger partial charge on any atom is -0.489 e. The van der Waals surface area contributed by atoms with Crippen molar-refractivity contribution >= 4 is 11.6 Å². The number of carbonyl (C=O) groups excluding carboxylic acids is 1. The van der Waals surface area contributed by atoms with Gasteiger partial charge in [-0.3, -0.25) is 4.79 Å². The highest BCUT2D eigenvalue weighted by Crippen LogP contribution is 2.32. The van der Waals surface area contributed by atoms with E-state index >= 15 is 0 Å². The van der Waals surface area contributed by atoms with Gasteiger partial charge < -0.3 is 15.2 Å². The third-order valence-electron chi connectivity index (χ3n) is 3.50. The maximum Gasteiger partial charge on any atom is 0.417 e. The minimum absolute atomic E-state index is 0.315. The van der Waals surface area contributed by atoms with E-state index in [2.05, 4.69) is 5.32 Å². The van der Waals surface area contributed by atoms with E-state index in [9.17, 15) is 23.1 Å². The summed E-state index contributed by atoms with van der Waals surface area (Å²) in [6, 6.07) is 15.8. The van der Waals surface area contributed by atoms with Crippen molar-refractivity contribution in [2.45, 2.75) is 31.7 Å². The van der Waals surface area contributed by atoms with Crippen LogP contribution in [-0.4, -0.2) is 22.8 Å². The second-order valence-electron chi connectivity index (χ2n) is 5.80. The number of benzene rings is 2. The van der Waals surface area contributed by atoms with Crippen LogP contribution in [0.5, 0.6) is 5.75 Å². The molecule has 134 valence electrons. The van der Waals surface area contributed by atoms with Crippen LogP contribution in [0.15, 0.2) is 54.6 Å². The van der Waals surface area contributed by atoms with E-state index in [1.54, 1.807) is 12.1 Å². The van der Waals surface area contributed by atoms with Gasteiger partial charge in [0, 0.05) is 5.69 Å². The average Bonchev–Trinajstić information content (AvgIpc) is 2.53. The van der Waals surface area contributed by atoms with Gasteiger partial charge in [-0.15, -0.1) is 0 Å². The summed E-state index contributed by atoms with van der Waals surface area (Å²) in [7, 11) is 0. The van der Waals surface area contributed by atoms with Crippen molar-refractivity contribution in [3.63, 3.8) is 0 Å². The molecule has 4 nitrogen and oxygen atoms in total. The molecule has 0 aliphatic carbocycles. The molecular formula is C18H18F3NO3. The Balaban J connectivity index is 1.88. The van der Waals surface area contributed by atoms with Crippen LogP contribution in [0.25, 0.3) is 0 Å². The van der Waals surface area contributed by atoms with Gasteiger partial charge in [-0.25, -0.2) is 0 Å². The standard InChI is InChI=1S/C18H18F3NO3/c1-17(24,18(19,20)21)11-16(23)22-14-7-9-15(10-8-14)25-12-13-5-3-2-4-6-13/h2-10,24H,11-12H2,1H3,(H,22,23)/t17-/m0/s1. The van der Waals surface area contributed by atoms with Gasteiger partial charge >= 0.3 is 6.18 Å². The summed E-state index contributed by atoms with van der Waals surface area (Å²) in [5, 5.41) is 11.6. The molecular weight excluding hydrogens is 335 g/mol. The summed E-state index contributed by atoms with van der Waals surface area (Å²) in [5.74, 6) is -0.371. The number of hydrogen-bond donors (Lipinski definition) is 2. The molecule has 25 heavy (non-hydrogen) atoms. The lowest BCUT2D eigenvalue weighted by molar-refractivity contribution is -0.252. The summed E-state index contributed by atoms with van der Waals surface area (Å²) in [4.78, 5) is 11.7. The first-order chi connectivity index (χ1) is 11.7. The van der Waals surface area contributed by atoms with E-state index in [0.29, 0.717) is 25.0 Å². The molecule has 0 fully saturated rings. The zero-order chi connectivity index (χ0) is 18.5. The first kappa shape index (κ1) is 18.8. The summed E-state index contributed by atoms with van der Waals surface area (Å²) in [6.45, 7) is 0.939. The lowest BCUT2D eigenvalue weighted by Gasteiger charge is -2.25. The van der Waals surface area contributed by atoms with Crippen molar-refractivity contribution < 1.29 is 27.8 Å². The first-order valence-electron chi connectivity index (χ1n) is 7.53. The zero-order valence-electron chi connectivity index (χ0n) is 13.5. The number of ether oxygens (including phenoxy) is 1. The molecule has 0 aromatic heterocycles. The lowest BCUT2D eigenvalue weighted by Crippen LogP contribution is -2.44. The number of alkyl halides is 3. The highest BCUT2D eigenvalue weighted by atomic mass is 19.4. The quantitative estimate of drug-likeness (QED) is 0.828. The fourth-order valence-corrected chi connectivity index (χ4v) is 1.99. The SMILES string of the molecule is C[C@](O)(CC(=O)Nc1ccc(OCc2ccccc2)cc1)C(F)(F)F. The smallest absolute Gasteiger partial charge is 0.417 e. The number of anilines is 1. The van der Waals surface area contributed by atoms with Crippen LogP contribution in [0.2, 0.25) is 0 Å².